The van der Waals surface area contributed by atoms with E-state index in [1.165, 1.54) is 0 Å². The minimum Gasteiger partial charge on any atom is -0.480 e. The summed E-state index contributed by atoms with van der Waals surface area (Å²) in [5, 5.41) is 8.88. The number of carbonyl (C=O) groups excluding carboxylic acids is 2. The van der Waals surface area contributed by atoms with Gasteiger partial charge in [0.05, 0.1) is 13.1 Å². The van der Waals surface area contributed by atoms with Crippen LogP contribution in [-0.4, -0.2) is 83.4 Å². The largest absolute Gasteiger partial charge is 0.480 e. The Morgan fingerprint density at radius 3 is 2.14 bits per heavy atom. The Bertz CT molecular complexity index is 429. The van der Waals surface area contributed by atoms with Gasteiger partial charge in [-0.25, -0.2) is 0 Å². The minimum absolute atomic E-state index is 0.0479. The van der Waals surface area contributed by atoms with Crippen molar-refractivity contribution in [2.45, 2.75) is 26.2 Å². The van der Waals surface area contributed by atoms with Gasteiger partial charge in [-0.2, -0.15) is 0 Å². The van der Waals surface area contributed by atoms with Gasteiger partial charge in [-0.15, -0.1) is 0 Å². The second-order valence-corrected chi connectivity index (χ2v) is 6.08. The quantitative estimate of drug-likeness (QED) is 0.708. The number of hydrogen-bond donors (Lipinski definition) is 1. The lowest BCUT2D eigenvalue weighted by Gasteiger charge is -2.35. The molecule has 0 spiro atoms. The number of carboxylic acid groups (broad SMARTS) is 1. The van der Waals surface area contributed by atoms with Crippen LogP contribution < -0.4 is 0 Å². The fraction of sp³-hybridized carbons (Fsp3) is 0.800. The Hall–Kier alpha value is -1.63. The van der Waals surface area contributed by atoms with Crippen LogP contribution in [0.3, 0.4) is 0 Å². The lowest BCUT2D eigenvalue weighted by Crippen LogP contribution is -2.53. The van der Waals surface area contributed by atoms with E-state index < -0.39 is 5.97 Å². The maximum absolute atomic E-state index is 12.3. The van der Waals surface area contributed by atoms with E-state index in [4.69, 9.17) is 5.11 Å². The van der Waals surface area contributed by atoms with Crippen LogP contribution in [0.15, 0.2) is 0 Å². The molecular formula is C15H25N3O4. The van der Waals surface area contributed by atoms with E-state index in [-0.39, 0.29) is 30.8 Å². The van der Waals surface area contributed by atoms with Crippen molar-refractivity contribution in [2.75, 3.05) is 45.8 Å². The Balaban J connectivity index is 1.77. The van der Waals surface area contributed by atoms with E-state index in [0.717, 1.165) is 19.3 Å². The highest BCUT2D eigenvalue weighted by Gasteiger charge is 2.35. The molecule has 0 aromatic heterocycles. The molecule has 0 bridgehead atoms. The third-order valence-electron chi connectivity index (χ3n) is 4.13. The number of rotatable bonds is 7. The third-order valence-corrected chi connectivity index (χ3v) is 4.13. The molecule has 0 aromatic carbocycles. The van der Waals surface area contributed by atoms with Crippen molar-refractivity contribution in [1.82, 2.24) is 14.7 Å². The Labute approximate surface area is 130 Å². The topological polar surface area (TPSA) is 81.2 Å². The molecule has 0 aromatic rings. The van der Waals surface area contributed by atoms with E-state index in [9.17, 15) is 14.4 Å². The van der Waals surface area contributed by atoms with Crippen LogP contribution in [0.1, 0.15) is 26.2 Å². The smallest absolute Gasteiger partial charge is 0.317 e. The van der Waals surface area contributed by atoms with Crippen molar-refractivity contribution >= 4 is 17.8 Å². The summed E-state index contributed by atoms with van der Waals surface area (Å²) in [7, 11) is 0. The zero-order valence-corrected chi connectivity index (χ0v) is 13.2. The van der Waals surface area contributed by atoms with Crippen LogP contribution >= 0.6 is 0 Å². The summed E-state index contributed by atoms with van der Waals surface area (Å²) in [6.07, 6.45) is 2.81. The predicted molar refractivity (Wildman–Crippen MR) is 80.3 cm³/mol. The summed E-state index contributed by atoms with van der Waals surface area (Å²) in [6, 6.07) is 0. The van der Waals surface area contributed by atoms with Gasteiger partial charge in [0, 0.05) is 32.1 Å². The molecule has 2 rings (SSSR count). The number of hydrogen-bond acceptors (Lipinski definition) is 4. The molecule has 0 radical (unpaired) electrons. The second kappa shape index (κ2) is 7.58. The van der Waals surface area contributed by atoms with Crippen molar-refractivity contribution in [3.63, 3.8) is 0 Å². The lowest BCUT2D eigenvalue weighted by molar-refractivity contribution is -0.143. The van der Waals surface area contributed by atoms with Gasteiger partial charge in [0.25, 0.3) is 0 Å². The summed E-state index contributed by atoms with van der Waals surface area (Å²) in [6.45, 7) is 4.85. The highest BCUT2D eigenvalue weighted by molar-refractivity contribution is 5.82. The lowest BCUT2D eigenvalue weighted by atomic mass is 10.2. The standard InChI is InChI=1S/C15H25N3O4/c1-2-5-16(11-14(20)21)10-13(19)17-6-8-18(9-7-17)15(22)12-3-4-12/h12H,2-11H2,1H3,(H,20,21). The first-order valence-corrected chi connectivity index (χ1v) is 8.02. The number of aliphatic carboxylic acids is 1. The molecule has 1 N–H and O–H groups in total. The summed E-state index contributed by atoms with van der Waals surface area (Å²) in [4.78, 5) is 40.3. The van der Waals surface area contributed by atoms with Gasteiger partial charge in [0.2, 0.25) is 11.8 Å². The zero-order chi connectivity index (χ0) is 16.1. The van der Waals surface area contributed by atoms with E-state index in [0.29, 0.717) is 32.7 Å². The molecule has 2 fully saturated rings. The van der Waals surface area contributed by atoms with E-state index in [2.05, 4.69) is 0 Å². The molecule has 1 aliphatic heterocycles. The molecule has 1 heterocycles. The van der Waals surface area contributed by atoms with Gasteiger partial charge in [-0.3, -0.25) is 19.3 Å². The average molecular weight is 311 g/mol. The van der Waals surface area contributed by atoms with E-state index >= 15 is 0 Å². The molecule has 0 atom stereocenters. The van der Waals surface area contributed by atoms with Crippen molar-refractivity contribution in [1.29, 1.82) is 0 Å². The minimum atomic E-state index is -0.916. The molecule has 22 heavy (non-hydrogen) atoms. The fourth-order valence-electron chi connectivity index (χ4n) is 2.78. The predicted octanol–water partition coefficient (Wildman–Crippen LogP) is -0.136. The first-order chi connectivity index (χ1) is 10.5. The maximum atomic E-state index is 12.3. The van der Waals surface area contributed by atoms with Crippen LogP contribution in [0, 0.1) is 5.92 Å². The van der Waals surface area contributed by atoms with Gasteiger partial charge in [0.15, 0.2) is 0 Å². The van der Waals surface area contributed by atoms with Crippen molar-refractivity contribution in [2.24, 2.45) is 5.92 Å². The summed E-state index contributed by atoms with van der Waals surface area (Å²) >= 11 is 0. The molecule has 1 saturated carbocycles. The number of carboxylic acids is 1. The Morgan fingerprint density at radius 2 is 1.64 bits per heavy atom. The molecule has 0 unspecified atom stereocenters. The first-order valence-electron chi connectivity index (χ1n) is 8.02. The normalized spacial score (nSPS) is 18.6. The number of carbonyl (C=O) groups is 3. The molecule has 7 heteroatoms. The fourth-order valence-corrected chi connectivity index (χ4v) is 2.78. The molecule has 1 saturated heterocycles. The van der Waals surface area contributed by atoms with Gasteiger partial charge < -0.3 is 14.9 Å². The van der Waals surface area contributed by atoms with Crippen LogP contribution in [0.2, 0.25) is 0 Å². The molecule has 7 nitrogen and oxygen atoms in total. The molecule has 2 amide bonds. The van der Waals surface area contributed by atoms with Crippen LogP contribution in [-0.2, 0) is 14.4 Å². The molecule has 124 valence electrons. The monoisotopic (exact) mass is 311 g/mol. The van der Waals surface area contributed by atoms with Crippen LogP contribution in [0.25, 0.3) is 0 Å². The van der Waals surface area contributed by atoms with Crippen molar-refractivity contribution in [3.8, 4) is 0 Å². The SMILES string of the molecule is CCCN(CC(=O)O)CC(=O)N1CCN(C(=O)C2CC2)CC1. The van der Waals surface area contributed by atoms with Crippen molar-refractivity contribution in [3.05, 3.63) is 0 Å². The second-order valence-electron chi connectivity index (χ2n) is 6.08. The van der Waals surface area contributed by atoms with Crippen LogP contribution in [0.4, 0.5) is 0 Å². The van der Waals surface area contributed by atoms with Gasteiger partial charge in [0.1, 0.15) is 0 Å². The number of amides is 2. The zero-order valence-electron chi connectivity index (χ0n) is 13.2. The number of nitrogens with zero attached hydrogens (tertiary/aromatic N) is 3. The molecule has 1 aliphatic carbocycles. The summed E-state index contributed by atoms with van der Waals surface area (Å²) in [5.41, 5.74) is 0. The van der Waals surface area contributed by atoms with Gasteiger partial charge >= 0.3 is 5.97 Å². The highest BCUT2D eigenvalue weighted by atomic mass is 16.4. The van der Waals surface area contributed by atoms with Crippen LogP contribution in [0.5, 0.6) is 0 Å². The average Bonchev–Trinajstić information content (AvgIpc) is 3.31. The summed E-state index contributed by atoms with van der Waals surface area (Å²) in [5.74, 6) is -0.516. The van der Waals surface area contributed by atoms with Crippen molar-refractivity contribution < 1.29 is 19.5 Å². The third kappa shape index (κ3) is 4.69. The maximum Gasteiger partial charge on any atom is 0.317 e. The first kappa shape index (κ1) is 16.7. The highest BCUT2D eigenvalue weighted by Crippen LogP contribution is 2.31. The molecule has 2 aliphatic rings. The Kier molecular flexibility index (Phi) is 5.76. The van der Waals surface area contributed by atoms with Gasteiger partial charge in [-0.1, -0.05) is 6.92 Å². The van der Waals surface area contributed by atoms with E-state index in [1.807, 2.05) is 11.8 Å². The number of piperazine rings is 1. The Morgan fingerprint density at radius 1 is 1.05 bits per heavy atom. The van der Waals surface area contributed by atoms with Gasteiger partial charge in [-0.05, 0) is 25.8 Å². The summed E-state index contributed by atoms with van der Waals surface area (Å²) < 4.78 is 0. The van der Waals surface area contributed by atoms with E-state index in [1.54, 1.807) is 9.80 Å². The molecular weight excluding hydrogens is 286 g/mol.